The van der Waals surface area contributed by atoms with Crippen LogP contribution in [0.15, 0.2) is 30.6 Å². The van der Waals surface area contributed by atoms with Crippen molar-refractivity contribution in [2.75, 3.05) is 0 Å². The smallest absolute Gasteiger partial charge is 0.360 e. The second-order valence-corrected chi connectivity index (χ2v) is 3.96. The fourth-order valence-corrected chi connectivity index (χ4v) is 1.50. The number of ether oxygens (including phenoxy) is 1. The van der Waals surface area contributed by atoms with E-state index in [2.05, 4.69) is 9.97 Å². The standard InChI is InChI=1S/C12H9ClN2O3/c1-7-2-3-8(13)9(6-7)18-11-10(12(16)17)14-4-5-15-11/h2-6H,1H3,(H,16,17). The van der Waals surface area contributed by atoms with E-state index in [9.17, 15) is 4.79 Å². The van der Waals surface area contributed by atoms with Crippen LogP contribution in [-0.4, -0.2) is 21.0 Å². The van der Waals surface area contributed by atoms with Crippen LogP contribution in [0.3, 0.4) is 0 Å². The summed E-state index contributed by atoms with van der Waals surface area (Å²) in [4.78, 5) is 18.5. The number of aromatic carboxylic acids is 1. The number of aryl methyl sites for hydroxylation is 1. The minimum atomic E-state index is -1.21. The molecule has 1 aromatic carbocycles. The third kappa shape index (κ3) is 2.57. The van der Waals surface area contributed by atoms with Crippen LogP contribution in [0.5, 0.6) is 11.6 Å². The van der Waals surface area contributed by atoms with E-state index in [-0.39, 0.29) is 11.6 Å². The summed E-state index contributed by atoms with van der Waals surface area (Å²) in [6.07, 6.45) is 2.64. The highest BCUT2D eigenvalue weighted by atomic mass is 35.5. The van der Waals surface area contributed by atoms with Crippen LogP contribution >= 0.6 is 11.6 Å². The van der Waals surface area contributed by atoms with Crippen LogP contribution < -0.4 is 4.74 Å². The lowest BCUT2D eigenvalue weighted by Gasteiger charge is -2.08. The average molecular weight is 265 g/mol. The number of carboxylic acid groups (broad SMARTS) is 1. The maximum atomic E-state index is 10.9. The van der Waals surface area contributed by atoms with Gasteiger partial charge in [-0.3, -0.25) is 0 Å². The van der Waals surface area contributed by atoms with Crippen molar-refractivity contribution in [1.29, 1.82) is 0 Å². The molecule has 0 atom stereocenters. The van der Waals surface area contributed by atoms with Gasteiger partial charge in [-0.25, -0.2) is 14.8 Å². The zero-order valence-corrected chi connectivity index (χ0v) is 10.2. The minimum absolute atomic E-state index is 0.0856. The molecule has 2 rings (SSSR count). The van der Waals surface area contributed by atoms with Gasteiger partial charge in [-0.2, -0.15) is 0 Å². The minimum Gasteiger partial charge on any atom is -0.476 e. The first-order valence-corrected chi connectivity index (χ1v) is 5.44. The Bertz CT molecular complexity index is 602. The molecule has 92 valence electrons. The van der Waals surface area contributed by atoms with Crippen molar-refractivity contribution in [3.63, 3.8) is 0 Å². The molecule has 0 fully saturated rings. The average Bonchev–Trinajstić information content (AvgIpc) is 2.34. The summed E-state index contributed by atoms with van der Waals surface area (Å²) in [7, 11) is 0. The maximum Gasteiger partial charge on any atom is 0.360 e. The quantitative estimate of drug-likeness (QED) is 0.923. The molecule has 0 bridgehead atoms. The molecular formula is C12H9ClN2O3. The first-order chi connectivity index (χ1) is 8.58. The van der Waals surface area contributed by atoms with Crippen LogP contribution in [0.25, 0.3) is 0 Å². The van der Waals surface area contributed by atoms with Gasteiger partial charge in [-0.1, -0.05) is 17.7 Å². The van der Waals surface area contributed by atoms with E-state index in [4.69, 9.17) is 21.4 Å². The molecule has 0 aliphatic heterocycles. The van der Waals surface area contributed by atoms with Crippen molar-refractivity contribution in [3.8, 4) is 11.6 Å². The zero-order valence-electron chi connectivity index (χ0n) is 9.42. The van der Waals surface area contributed by atoms with Crippen molar-refractivity contribution < 1.29 is 14.6 Å². The molecule has 0 aliphatic carbocycles. The molecular weight excluding hydrogens is 256 g/mol. The number of hydrogen-bond donors (Lipinski definition) is 1. The lowest BCUT2D eigenvalue weighted by Crippen LogP contribution is -2.04. The van der Waals surface area contributed by atoms with Crippen LogP contribution in [0.4, 0.5) is 0 Å². The van der Waals surface area contributed by atoms with Gasteiger partial charge in [0.15, 0.2) is 0 Å². The third-order valence-corrected chi connectivity index (χ3v) is 2.47. The van der Waals surface area contributed by atoms with E-state index in [1.807, 2.05) is 13.0 Å². The highest BCUT2D eigenvalue weighted by Crippen LogP contribution is 2.30. The third-order valence-electron chi connectivity index (χ3n) is 2.16. The second kappa shape index (κ2) is 5.01. The molecule has 0 aliphatic rings. The summed E-state index contributed by atoms with van der Waals surface area (Å²) in [5.74, 6) is -0.945. The van der Waals surface area contributed by atoms with Gasteiger partial charge in [-0.15, -0.1) is 0 Å². The maximum absolute atomic E-state index is 10.9. The van der Waals surface area contributed by atoms with Gasteiger partial charge in [-0.05, 0) is 24.6 Å². The molecule has 0 radical (unpaired) electrons. The Labute approximate surface area is 108 Å². The molecule has 6 heteroatoms. The number of nitrogens with zero attached hydrogens (tertiary/aromatic N) is 2. The SMILES string of the molecule is Cc1ccc(Cl)c(Oc2nccnc2C(=O)O)c1. The van der Waals surface area contributed by atoms with Crippen molar-refractivity contribution in [3.05, 3.63) is 46.9 Å². The normalized spacial score (nSPS) is 10.1. The van der Waals surface area contributed by atoms with Gasteiger partial charge < -0.3 is 9.84 Å². The summed E-state index contributed by atoms with van der Waals surface area (Å²) < 4.78 is 5.40. The van der Waals surface area contributed by atoms with E-state index in [1.165, 1.54) is 12.4 Å². The van der Waals surface area contributed by atoms with Crippen molar-refractivity contribution >= 4 is 17.6 Å². The van der Waals surface area contributed by atoms with Crippen LogP contribution in [0.2, 0.25) is 5.02 Å². The fourth-order valence-electron chi connectivity index (χ4n) is 1.34. The number of benzene rings is 1. The first kappa shape index (κ1) is 12.3. The predicted molar refractivity (Wildman–Crippen MR) is 65.3 cm³/mol. The molecule has 18 heavy (non-hydrogen) atoms. The molecule has 1 heterocycles. The summed E-state index contributed by atoms with van der Waals surface area (Å²) in [6, 6.07) is 5.19. The number of rotatable bonds is 3. The zero-order chi connectivity index (χ0) is 13.1. The molecule has 5 nitrogen and oxygen atoms in total. The Morgan fingerprint density at radius 2 is 2.06 bits per heavy atom. The predicted octanol–water partition coefficient (Wildman–Crippen LogP) is 2.93. The Morgan fingerprint density at radius 1 is 1.33 bits per heavy atom. The number of carbonyl (C=O) groups is 1. The largest absolute Gasteiger partial charge is 0.476 e. The van der Waals surface area contributed by atoms with E-state index < -0.39 is 5.97 Å². The molecule has 0 amide bonds. The Balaban J connectivity index is 2.40. The summed E-state index contributed by atoms with van der Waals surface area (Å²) in [5, 5.41) is 9.33. The molecule has 1 aromatic heterocycles. The summed E-state index contributed by atoms with van der Waals surface area (Å²) in [6.45, 7) is 1.87. The molecule has 0 saturated carbocycles. The number of hydrogen-bond acceptors (Lipinski definition) is 4. The van der Waals surface area contributed by atoms with Crippen molar-refractivity contribution in [2.45, 2.75) is 6.92 Å². The molecule has 0 spiro atoms. The van der Waals surface area contributed by atoms with E-state index >= 15 is 0 Å². The lowest BCUT2D eigenvalue weighted by atomic mass is 10.2. The summed E-state index contributed by atoms with van der Waals surface area (Å²) >= 11 is 5.96. The number of carboxylic acids is 1. The second-order valence-electron chi connectivity index (χ2n) is 3.55. The highest BCUT2D eigenvalue weighted by molar-refractivity contribution is 6.32. The van der Waals surface area contributed by atoms with E-state index in [0.717, 1.165) is 5.56 Å². The van der Waals surface area contributed by atoms with Crippen LogP contribution in [-0.2, 0) is 0 Å². The van der Waals surface area contributed by atoms with E-state index in [1.54, 1.807) is 12.1 Å². The number of halogens is 1. The topological polar surface area (TPSA) is 72.3 Å². The Kier molecular flexibility index (Phi) is 3.43. The lowest BCUT2D eigenvalue weighted by molar-refractivity contribution is 0.0686. The Morgan fingerprint density at radius 3 is 2.78 bits per heavy atom. The van der Waals surface area contributed by atoms with Crippen LogP contribution in [0, 0.1) is 6.92 Å². The summed E-state index contributed by atoms with van der Waals surface area (Å²) in [5.41, 5.74) is 0.685. The molecule has 0 saturated heterocycles. The van der Waals surface area contributed by atoms with E-state index in [0.29, 0.717) is 10.8 Å². The van der Waals surface area contributed by atoms with Gasteiger partial charge in [0.05, 0.1) is 5.02 Å². The van der Waals surface area contributed by atoms with Gasteiger partial charge in [0, 0.05) is 12.4 Å². The van der Waals surface area contributed by atoms with Gasteiger partial charge in [0.25, 0.3) is 5.88 Å². The van der Waals surface area contributed by atoms with Crippen LogP contribution in [0.1, 0.15) is 16.1 Å². The molecule has 0 unspecified atom stereocenters. The fraction of sp³-hybridized carbons (Fsp3) is 0.0833. The van der Waals surface area contributed by atoms with Gasteiger partial charge in [0.2, 0.25) is 5.69 Å². The first-order valence-electron chi connectivity index (χ1n) is 5.06. The highest BCUT2D eigenvalue weighted by Gasteiger charge is 2.15. The molecule has 2 aromatic rings. The van der Waals surface area contributed by atoms with Gasteiger partial charge >= 0.3 is 5.97 Å². The Hall–Kier alpha value is -2.14. The number of aromatic nitrogens is 2. The monoisotopic (exact) mass is 264 g/mol. The van der Waals surface area contributed by atoms with Crippen molar-refractivity contribution in [2.24, 2.45) is 0 Å². The van der Waals surface area contributed by atoms with Crippen molar-refractivity contribution in [1.82, 2.24) is 9.97 Å². The van der Waals surface area contributed by atoms with Gasteiger partial charge in [0.1, 0.15) is 5.75 Å². The molecule has 1 N–H and O–H groups in total.